The standard InChI is InChI=1S/C12H8BrCl3S/c13-12-10(16)6-11(17-12)9(15)5-7-3-1-2-4-8(7)14/h1-4,6,9H,5H2. The van der Waals surface area contributed by atoms with E-state index in [0.717, 1.165) is 19.2 Å². The van der Waals surface area contributed by atoms with Crippen LogP contribution in [0.1, 0.15) is 15.8 Å². The molecule has 0 nitrogen and oxygen atoms in total. The summed E-state index contributed by atoms with van der Waals surface area (Å²) in [6.45, 7) is 0. The molecule has 2 aromatic rings. The quantitative estimate of drug-likeness (QED) is 0.553. The summed E-state index contributed by atoms with van der Waals surface area (Å²) in [7, 11) is 0. The number of halogens is 4. The second-order valence-electron chi connectivity index (χ2n) is 3.53. The van der Waals surface area contributed by atoms with E-state index >= 15 is 0 Å². The van der Waals surface area contributed by atoms with E-state index < -0.39 is 0 Å². The van der Waals surface area contributed by atoms with Crippen molar-refractivity contribution in [2.75, 3.05) is 0 Å². The Morgan fingerprint density at radius 2 is 1.88 bits per heavy atom. The van der Waals surface area contributed by atoms with Gasteiger partial charge in [0.1, 0.15) is 0 Å². The number of thiophene rings is 1. The van der Waals surface area contributed by atoms with Crippen molar-refractivity contribution in [1.82, 2.24) is 0 Å². The Labute approximate surface area is 128 Å². The smallest absolute Gasteiger partial charge is 0.0887 e. The lowest BCUT2D eigenvalue weighted by Crippen LogP contribution is -1.94. The number of hydrogen-bond acceptors (Lipinski definition) is 1. The third kappa shape index (κ3) is 3.39. The third-order valence-electron chi connectivity index (χ3n) is 2.33. The number of alkyl halides is 1. The molecule has 1 aromatic carbocycles. The summed E-state index contributed by atoms with van der Waals surface area (Å²) in [4.78, 5) is 1.04. The van der Waals surface area contributed by atoms with Crippen LogP contribution in [0.4, 0.5) is 0 Å². The van der Waals surface area contributed by atoms with Crippen LogP contribution in [-0.2, 0) is 6.42 Å². The fourth-order valence-corrected chi connectivity index (χ4v) is 3.78. The van der Waals surface area contributed by atoms with Gasteiger partial charge in [0.25, 0.3) is 0 Å². The summed E-state index contributed by atoms with van der Waals surface area (Å²) in [5.74, 6) is 0. The van der Waals surface area contributed by atoms with Crippen LogP contribution in [0.5, 0.6) is 0 Å². The molecule has 0 N–H and O–H groups in total. The van der Waals surface area contributed by atoms with Crippen molar-refractivity contribution >= 4 is 62.1 Å². The van der Waals surface area contributed by atoms with E-state index in [1.165, 1.54) is 0 Å². The highest BCUT2D eigenvalue weighted by molar-refractivity contribution is 9.11. The van der Waals surface area contributed by atoms with Gasteiger partial charge in [0.05, 0.1) is 14.2 Å². The first kappa shape index (κ1) is 13.7. The largest absolute Gasteiger partial charge is 0.130 e. The number of benzene rings is 1. The zero-order valence-electron chi connectivity index (χ0n) is 8.59. The average Bonchev–Trinajstić information content (AvgIpc) is 2.63. The maximum absolute atomic E-state index is 6.37. The number of rotatable bonds is 3. The van der Waals surface area contributed by atoms with E-state index in [0.29, 0.717) is 11.4 Å². The molecule has 0 aliphatic heterocycles. The molecule has 1 heterocycles. The zero-order chi connectivity index (χ0) is 12.4. The lowest BCUT2D eigenvalue weighted by molar-refractivity contribution is 0.940. The average molecular weight is 371 g/mol. The first-order chi connectivity index (χ1) is 8.08. The van der Waals surface area contributed by atoms with E-state index in [1.54, 1.807) is 11.3 Å². The fraction of sp³-hybridized carbons (Fsp3) is 0.167. The Morgan fingerprint density at radius 3 is 2.47 bits per heavy atom. The molecule has 0 fully saturated rings. The SMILES string of the molecule is Clc1ccccc1CC(Cl)c1cc(Cl)c(Br)s1. The lowest BCUT2D eigenvalue weighted by Gasteiger charge is -2.08. The van der Waals surface area contributed by atoms with Gasteiger partial charge < -0.3 is 0 Å². The molecule has 5 heteroatoms. The van der Waals surface area contributed by atoms with Gasteiger partial charge in [-0.1, -0.05) is 41.4 Å². The van der Waals surface area contributed by atoms with Gasteiger partial charge in [-0.3, -0.25) is 0 Å². The van der Waals surface area contributed by atoms with E-state index in [2.05, 4.69) is 15.9 Å². The van der Waals surface area contributed by atoms with Crippen LogP contribution in [0.25, 0.3) is 0 Å². The summed E-state index contributed by atoms with van der Waals surface area (Å²) < 4.78 is 0.916. The minimum atomic E-state index is -0.108. The summed E-state index contributed by atoms with van der Waals surface area (Å²) >= 11 is 23.4. The van der Waals surface area contributed by atoms with Crippen molar-refractivity contribution < 1.29 is 0 Å². The highest BCUT2D eigenvalue weighted by atomic mass is 79.9. The van der Waals surface area contributed by atoms with Gasteiger partial charge >= 0.3 is 0 Å². The molecular formula is C12H8BrCl3S. The molecule has 90 valence electrons. The molecule has 0 aliphatic rings. The van der Waals surface area contributed by atoms with Crippen LogP contribution in [-0.4, -0.2) is 0 Å². The van der Waals surface area contributed by atoms with Crippen LogP contribution in [0.2, 0.25) is 10.0 Å². The van der Waals surface area contributed by atoms with Gasteiger partial charge in [0.2, 0.25) is 0 Å². The summed E-state index contributed by atoms with van der Waals surface area (Å²) in [6, 6.07) is 9.63. The van der Waals surface area contributed by atoms with Crippen LogP contribution in [0, 0.1) is 0 Å². The molecule has 0 saturated heterocycles. The van der Waals surface area contributed by atoms with Gasteiger partial charge in [0, 0.05) is 9.90 Å². The summed E-state index contributed by atoms with van der Waals surface area (Å²) in [5, 5.41) is 1.35. The Kier molecular flexibility index (Phi) is 4.79. The Morgan fingerprint density at radius 1 is 1.18 bits per heavy atom. The molecule has 0 saturated carbocycles. The first-order valence-corrected chi connectivity index (χ1v) is 7.70. The van der Waals surface area contributed by atoms with Crippen LogP contribution in [0.15, 0.2) is 34.1 Å². The minimum Gasteiger partial charge on any atom is -0.130 e. The molecule has 0 radical (unpaired) electrons. The molecule has 0 aliphatic carbocycles. The normalized spacial score (nSPS) is 12.7. The van der Waals surface area contributed by atoms with Gasteiger partial charge in [-0.15, -0.1) is 22.9 Å². The van der Waals surface area contributed by atoms with Crippen molar-refractivity contribution in [3.63, 3.8) is 0 Å². The highest BCUT2D eigenvalue weighted by Gasteiger charge is 2.15. The predicted molar refractivity (Wildman–Crippen MR) is 80.8 cm³/mol. The van der Waals surface area contributed by atoms with Gasteiger partial charge in [-0.05, 0) is 40.0 Å². The van der Waals surface area contributed by atoms with Gasteiger partial charge in [0.15, 0.2) is 0 Å². The van der Waals surface area contributed by atoms with E-state index in [9.17, 15) is 0 Å². The van der Waals surface area contributed by atoms with Crippen LogP contribution in [0.3, 0.4) is 0 Å². The molecule has 0 amide bonds. The topological polar surface area (TPSA) is 0 Å². The van der Waals surface area contributed by atoms with Crippen molar-refractivity contribution in [3.8, 4) is 0 Å². The minimum absolute atomic E-state index is 0.108. The highest BCUT2D eigenvalue weighted by Crippen LogP contribution is 2.39. The monoisotopic (exact) mass is 368 g/mol. The van der Waals surface area contributed by atoms with Crippen LogP contribution >= 0.6 is 62.1 Å². The molecule has 17 heavy (non-hydrogen) atoms. The second-order valence-corrected chi connectivity index (χ2v) is 7.28. The van der Waals surface area contributed by atoms with E-state index in [-0.39, 0.29) is 5.38 Å². The van der Waals surface area contributed by atoms with Crippen molar-refractivity contribution in [3.05, 3.63) is 54.6 Å². The second kappa shape index (κ2) is 5.94. The summed E-state index contributed by atoms with van der Waals surface area (Å²) in [6.07, 6.45) is 0.699. The van der Waals surface area contributed by atoms with Crippen LogP contribution < -0.4 is 0 Å². The Balaban J connectivity index is 2.17. The van der Waals surface area contributed by atoms with Gasteiger partial charge in [-0.2, -0.15) is 0 Å². The first-order valence-electron chi connectivity index (χ1n) is 4.90. The van der Waals surface area contributed by atoms with E-state index in [4.69, 9.17) is 34.8 Å². The summed E-state index contributed by atoms with van der Waals surface area (Å²) in [5.41, 5.74) is 1.05. The molecule has 1 unspecified atom stereocenters. The third-order valence-corrected chi connectivity index (χ3v) is 5.81. The maximum atomic E-state index is 6.37. The van der Waals surface area contributed by atoms with Gasteiger partial charge in [-0.25, -0.2) is 0 Å². The number of hydrogen-bond donors (Lipinski definition) is 0. The molecule has 0 spiro atoms. The van der Waals surface area contributed by atoms with Crippen molar-refractivity contribution in [2.45, 2.75) is 11.8 Å². The van der Waals surface area contributed by atoms with Crippen molar-refractivity contribution in [1.29, 1.82) is 0 Å². The predicted octanol–water partition coefficient (Wildman–Crippen LogP) is 6.34. The molecular weight excluding hydrogens is 362 g/mol. The molecule has 1 aromatic heterocycles. The van der Waals surface area contributed by atoms with Crippen molar-refractivity contribution in [2.24, 2.45) is 0 Å². The Hall–Kier alpha value is 0.270. The maximum Gasteiger partial charge on any atom is 0.0887 e. The zero-order valence-corrected chi connectivity index (χ0v) is 13.3. The fourth-order valence-electron chi connectivity index (χ4n) is 1.48. The molecule has 2 rings (SSSR count). The molecule has 0 bridgehead atoms. The Bertz CT molecular complexity index is 505. The van der Waals surface area contributed by atoms with E-state index in [1.807, 2.05) is 30.3 Å². The molecule has 1 atom stereocenters. The lowest BCUT2D eigenvalue weighted by atomic mass is 10.1.